The molecule has 1 aliphatic rings. The van der Waals surface area contributed by atoms with Crippen LogP contribution in [0.2, 0.25) is 0 Å². The quantitative estimate of drug-likeness (QED) is 0.495. The Morgan fingerprint density at radius 1 is 1.06 bits per heavy atom. The summed E-state index contributed by atoms with van der Waals surface area (Å²) in [6, 6.07) is 10.3. The van der Waals surface area contributed by atoms with E-state index >= 15 is 0 Å². The summed E-state index contributed by atoms with van der Waals surface area (Å²) in [6.07, 6.45) is 0.408. The van der Waals surface area contributed by atoms with E-state index in [9.17, 15) is 18.8 Å². The van der Waals surface area contributed by atoms with Gasteiger partial charge in [0.15, 0.2) is 0 Å². The van der Waals surface area contributed by atoms with Crippen LogP contribution in [0.25, 0.3) is 0 Å². The average Bonchev–Trinajstić information content (AvgIpc) is 2.71. The highest BCUT2D eigenvalue weighted by molar-refractivity contribution is 5.93. The van der Waals surface area contributed by atoms with Crippen LogP contribution >= 0.6 is 12.4 Å². The van der Waals surface area contributed by atoms with E-state index in [-0.39, 0.29) is 37.6 Å². The van der Waals surface area contributed by atoms with Crippen molar-refractivity contribution in [3.8, 4) is 0 Å². The number of carbonyl (C=O) groups excluding carboxylic acids is 2. The summed E-state index contributed by atoms with van der Waals surface area (Å²) in [5.74, 6) is -2.43. The van der Waals surface area contributed by atoms with Crippen LogP contribution in [0.15, 0.2) is 42.5 Å². The summed E-state index contributed by atoms with van der Waals surface area (Å²) < 4.78 is 13.5. The Bertz CT molecular complexity index is 954. The third kappa shape index (κ3) is 7.34. The van der Waals surface area contributed by atoms with Gasteiger partial charge in [-0.25, -0.2) is 4.39 Å². The van der Waals surface area contributed by atoms with Crippen LogP contribution in [0.5, 0.6) is 0 Å². The molecule has 2 amide bonds. The topological polar surface area (TPSA) is 108 Å². The fourth-order valence-electron chi connectivity index (χ4n) is 3.43. The van der Waals surface area contributed by atoms with E-state index in [1.807, 2.05) is 18.2 Å². The maximum absolute atomic E-state index is 13.5. The number of aliphatic carboxylic acids is 1. The number of carboxylic acids is 1. The molecule has 0 bridgehead atoms. The van der Waals surface area contributed by atoms with Gasteiger partial charge in [-0.3, -0.25) is 14.4 Å². The van der Waals surface area contributed by atoms with Crippen LogP contribution in [0.1, 0.15) is 42.0 Å². The molecular formula is C22H25ClFN3O4. The van der Waals surface area contributed by atoms with E-state index in [0.717, 1.165) is 25.1 Å². The van der Waals surface area contributed by atoms with Crippen molar-refractivity contribution in [3.63, 3.8) is 0 Å². The first kappa shape index (κ1) is 24.3. The van der Waals surface area contributed by atoms with Gasteiger partial charge in [0.2, 0.25) is 11.8 Å². The van der Waals surface area contributed by atoms with Crippen LogP contribution in [-0.2, 0) is 27.3 Å². The second kappa shape index (κ2) is 11.4. The summed E-state index contributed by atoms with van der Waals surface area (Å²) in [5, 5.41) is 17.7. The van der Waals surface area contributed by atoms with E-state index in [1.54, 1.807) is 6.07 Å². The molecule has 0 radical (unpaired) electrons. The second-order valence-corrected chi connectivity index (χ2v) is 7.23. The Kier molecular flexibility index (Phi) is 8.96. The Balaban J connectivity index is 0.00000341. The molecule has 0 saturated heterocycles. The third-order valence-corrected chi connectivity index (χ3v) is 4.92. The Labute approximate surface area is 185 Å². The molecule has 0 aliphatic carbocycles. The lowest BCUT2D eigenvalue weighted by molar-refractivity contribution is -0.138. The Morgan fingerprint density at radius 3 is 2.58 bits per heavy atom. The van der Waals surface area contributed by atoms with Crippen molar-refractivity contribution in [2.45, 2.75) is 38.3 Å². The molecule has 0 fully saturated rings. The number of halogens is 2. The van der Waals surface area contributed by atoms with Gasteiger partial charge in [0.05, 0.1) is 12.5 Å². The summed E-state index contributed by atoms with van der Waals surface area (Å²) in [4.78, 5) is 35.6. The Morgan fingerprint density at radius 2 is 1.84 bits per heavy atom. The van der Waals surface area contributed by atoms with Crippen LogP contribution in [0, 0.1) is 5.82 Å². The Hall–Kier alpha value is -2.97. The lowest BCUT2D eigenvalue weighted by Crippen LogP contribution is -2.31. The van der Waals surface area contributed by atoms with E-state index in [0.29, 0.717) is 11.3 Å². The molecule has 0 aromatic heterocycles. The number of rotatable bonds is 8. The number of hydrogen-bond donors (Lipinski definition) is 4. The standard InChI is InChI=1S/C22H24FN3O4.ClH/c23-17-3-1-2-15(10-17)19(12-22(29)30)26-21(28)7-6-20(27)25-18-5-4-14-8-9-24-13-16(14)11-18;/h1-5,10-11,19,24H,6-9,12-13H2,(H,25,27)(H,26,28)(H,29,30);1H. The summed E-state index contributed by atoms with van der Waals surface area (Å²) in [6.45, 7) is 1.69. The number of carbonyl (C=O) groups is 3. The van der Waals surface area contributed by atoms with Crippen molar-refractivity contribution in [1.82, 2.24) is 10.6 Å². The highest BCUT2D eigenvalue weighted by Crippen LogP contribution is 2.20. The molecule has 2 aromatic rings. The first-order chi connectivity index (χ1) is 14.4. The highest BCUT2D eigenvalue weighted by atomic mass is 35.5. The monoisotopic (exact) mass is 449 g/mol. The number of fused-ring (bicyclic) bond motifs is 1. The van der Waals surface area contributed by atoms with E-state index in [2.05, 4.69) is 16.0 Å². The molecule has 1 heterocycles. The van der Waals surface area contributed by atoms with Gasteiger partial charge in [-0.2, -0.15) is 0 Å². The van der Waals surface area contributed by atoms with Crippen molar-refractivity contribution in [3.05, 3.63) is 65.0 Å². The smallest absolute Gasteiger partial charge is 0.305 e. The van der Waals surface area contributed by atoms with Gasteiger partial charge in [0.25, 0.3) is 0 Å². The number of nitrogens with one attached hydrogen (secondary N) is 3. The first-order valence-corrected chi connectivity index (χ1v) is 9.79. The normalized spacial score (nSPS) is 13.3. The molecule has 1 unspecified atom stereocenters. The average molecular weight is 450 g/mol. The lowest BCUT2D eigenvalue weighted by Gasteiger charge is -2.18. The van der Waals surface area contributed by atoms with Gasteiger partial charge in [0.1, 0.15) is 5.82 Å². The largest absolute Gasteiger partial charge is 0.481 e. The first-order valence-electron chi connectivity index (χ1n) is 9.79. The van der Waals surface area contributed by atoms with Crippen LogP contribution in [-0.4, -0.2) is 29.4 Å². The van der Waals surface area contributed by atoms with E-state index < -0.39 is 23.7 Å². The molecule has 3 rings (SSSR count). The van der Waals surface area contributed by atoms with Gasteiger partial charge < -0.3 is 21.1 Å². The van der Waals surface area contributed by atoms with Gasteiger partial charge >= 0.3 is 5.97 Å². The van der Waals surface area contributed by atoms with Gasteiger partial charge in [-0.05, 0) is 53.9 Å². The number of benzene rings is 2. The van der Waals surface area contributed by atoms with Gasteiger partial charge in [-0.1, -0.05) is 18.2 Å². The molecule has 1 aliphatic heterocycles. The number of anilines is 1. The molecule has 1 atom stereocenters. The molecule has 9 heteroatoms. The SMILES string of the molecule is Cl.O=C(O)CC(NC(=O)CCC(=O)Nc1ccc2c(c1)CNCC2)c1cccc(F)c1. The predicted octanol–water partition coefficient (Wildman–Crippen LogP) is 2.94. The zero-order valence-electron chi connectivity index (χ0n) is 16.8. The minimum Gasteiger partial charge on any atom is -0.481 e. The van der Waals surface area contributed by atoms with Crippen molar-refractivity contribution in [2.24, 2.45) is 0 Å². The molecular weight excluding hydrogens is 425 g/mol. The number of amides is 2. The molecule has 0 spiro atoms. The maximum Gasteiger partial charge on any atom is 0.305 e. The third-order valence-electron chi connectivity index (χ3n) is 4.92. The number of carboxylic acid groups (broad SMARTS) is 1. The summed E-state index contributed by atoms with van der Waals surface area (Å²) >= 11 is 0. The summed E-state index contributed by atoms with van der Waals surface area (Å²) in [7, 11) is 0. The fraction of sp³-hybridized carbons (Fsp3) is 0.318. The van der Waals surface area contributed by atoms with Crippen LogP contribution < -0.4 is 16.0 Å². The van der Waals surface area contributed by atoms with Crippen molar-refractivity contribution in [1.29, 1.82) is 0 Å². The minimum absolute atomic E-state index is 0. The predicted molar refractivity (Wildman–Crippen MR) is 117 cm³/mol. The van der Waals surface area contributed by atoms with E-state index in [4.69, 9.17) is 5.11 Å². The zero-order chi connectivity index (χ0) is 21.5. The van der Waals surface area contributed by atoms with Crippen molar-refractivity contribution < 1.29 is 23.9 Å². The van der Waals surface area contributed by atoms with Crippen molar-refractivity contribution >= 4 is 35.9 Å². The number of hydrogen-bond acceptors (Lipinski definition) is 4. The highest BCUT2D eigenvalue weighted by Gasteiger charge is 2.19. The van der Waals surface area contributed by atoms with Crippen LogP contribution in [0.4, 0.5) is 10.1 Å². The summed E-state index contributed by atoms with van der Waals surface area (Å²) in [5.41, 5.74) is 3.43. The zero-order valence-corrected chi connectivity index (χ0v) is 17.6. The minimum atomic E-state index is -1.12. The molecule has 31 heavy (non-hydrogen) atoms. The molecule has 2 aromatic carbocycles. The lowest BCUT2D eigenvalue weighted by atomic mass is 10.0. The maximum atomic E-state index is 13.5. The second-order valence-electron chi connectivity index (χ2n) is 7.23. The van der Waals surface area contributed by atoms with Gasteiger partial charge in [-0.15, -0.1) is 12.4 Å². The van der Waals surface area contributed by atoms with Crippen LogP contribution in [0.3, 0.4) is 0 Å². The molecule has 166 valence electrons. The molecule has 4 N–H and O–H groups in total. The van der Waals surface area contributed by atoms with Crippen molar-refractivity contribution in [2.75, 3.05) is 11.9 Å². The fourth-order valence-corrected chi connectivity index (χ4v) is 3.43. The molecule has 0 saturated carbocycles. The molecule has 7 nitrogen and oxygen atoms in total. The van der Waals surface area contributed by atoms with Gasteiger partial charge in [0, 0.05) is 25.1 Å². The van der Waals surface area contributed by atoms with E-state index in [1.165, 1.54) is 23.8 Å².